The van der Waals surface area contributed by atoms with Crippen LogP contribution in [0.3, 0.4) is 0 Å². The molecule has 0 amide bonds. The molecule has 4 heteroatoms. The smallest absolute Gasteiger partial charge is 0.159 e. The van der Waals surface area contributed by atoms with Crippen LogP contribution in [-0.2, 0) is 12.8 Å². The van der Waals surface area contributed by atoms with Crippen LogP contribution in [0.1, 0.15) is 11.1 Å². The van der Waals surface area contributed by atoms with E-state index in [2.05, 4.69) is 5.32 Å². The van der Waals surface area contributed by atoms with Gasteiger partial charge in [0.25, 0.3) is 0 Å². The zero-order valence-electron chi connectivity index (χ0n) is 12.2. The Morgan fingerprint density at radius 1 is 1.00 bits per heavy atom. The van der Waals surface area contributed by atoms with Gasteiger partial charge in [0, 0.05) is 6.04 Å². The Hall–Kier alpha value is -1.94. The fourth-order valence-corrected chi connectivity index (χ4v) is 2.31. The molecule has 0 heterocycles. The molecule has 0 aliphatic heterocycles. The highest BCUT2D eigenvalue weighted by Gasteiger charge is 2.11. The van der Waals surface area contributed by atoms with Gasteiger partial charge in [-0.2, -0.15) is 0 Å². The monoisotopic (exact) mass is 291 g/mol. The highest BCUT2D eigenvalue weighted by molar-refractivity contribution is 5.29. The van der Waals surface area contributed by atoms with Crippen molar-refractivity contribution in [1.82, 2.24) is 5.32 Å². The first-order valence-electron chi connectivity index (χ1n) is 6.86. The molecule has 1 atom stereocenters. The van der Waals surface area contributed by atoms with Crippen molar-refractivity contribution >= 4 is 0 Å². The summed E-state index contributed by atoms with van der Waals surface area (Å²) < 4.78 is 31.4. The van der Waals surface area contributed by atoms with E-state index >= 15 is 0 Å². The third kappa shape index (κ3) is 4.26. The molecule has 2 aromatic rings. The first-order chi connectivity index (χ1) is 10.1. The van der Waals surface area contributed by atoms with Gasteiger partial charge in [0.1, 0.15) is 5.75 Å². The summed E-state index contributed by atoms with van der Waals surface area (Å²) in [6, 6.07) is 12.0. The van der Waals surface area contributed by atoms with Crippen molar-refractivity contribution in [3.05, 3.63) is 65.2 Å². The molecule has 2 rings (SSSR count). The highest BCUT2D eigenvalue weighted by atomic mass is 19.2. The van der Waals surface area contributed by atoms with E-state index < -0.39 is 11.6 Å². The standard InChI is InChI=1S/C17H19F2NO/c1-20-14(8-12-4-3-5-15(10-12)21-2)9-13-6-7-16(18)17(19)11-13/h3-7,10-11,14,20H,8-9H2,1-2H3. The Morgan fingerprint density at radius 2 is 1.71 bits per heavy atom. The molecule has 0 aliphatic rings. The maximum Gasteiger partial charge on any atom is 0.159 e. The lowest BCUT2D eigenvalue weighted by Gasteiger charge is -2.17. The van der Waals surface area contributed by atoms with Crippen molar-refractivity contribution in [1.29, 1.82) is 0 Å². The van der Waals surface area contributed by atoms with Crippen LogP contribution in [0, 0.1) is 11.6 Å². The van der Waals surface area contributed by atoms with Crippen molar-refractivity contribution in [3.63, 3.8) is 0 Å². The molecular weight excluding hydrogens is 272 g/mol. The Kier molecular flexibility index (Phi) is 5.28. The molecule has 2 nitrogen and oxygen atoms in total. The summed E-state index contributed by atoms with van der Waals surface area (Å²) in [5.41, 5.74) is 1.91. The van der Waals surface area contributed by atoms with Gasteiger partial charge in [-0.15, -0.1) is 0 Å². The average Bonchev–Trinajstić information content (AvgIpc) is 2.50. The van der Waals surface area contributed by atoms with E-state index in [1.165, 1.54) is 12.1 Å². The van der Waals surface area contributed by atoms with Crippen molar-refractivity contribution in [2.24, 2.45) is 0 Å². The van der Waals surface area contributed by atoms with Crippen LogP contribution in [0.2, 0.25) is 0 Å². The van der Waals surface area contributed by atoms with Crippen LogP contribution in [0.5, 0.6) is 5.75 Å². The van der Waals surface area contributed by atoms with Gasteiger partial charge < -0.3 is 10.1 Å². The summed E-state index contributed by atoms with van der Waals surface area (Å²) >= 11 is 0. The van der Waals surface area contributed by atoms with E-state index in [1.807, 2.05) is 31.3 Å². The Labute approximate surface area is 123 Å². The van der Waals surface area contributed by atoms with Crippen molar-refractivity contribution in [2.75, 3.05) is 14.2 Å². The first kappa shape index (κ1) is 15.4. The summed E-state index contributed by atoms with van der Waals surface area (Å²) in [6.07, 6.45) is 1.41. The molecule has 2 aromatic carbocycles. The van der Waals surface area contributed by atoms with Gasteiger partial charge in [-0.3, -0.25) is 0 Å². The number of benzene rings is 2. The minimum absolute atomic E-state index is 0.141. The van der Waals surface area contributed by atoms with Gasteiger partial charge in [0.2, 0.25) is 0 Å². The molecule has 1 unspecified atom stereocenters. The second-order valence-corrected chi connectivity index (χ2v) is 4.99. The zero-order chi connectivity index (χ0) is 15.2. The number of likely N-dealkylation sites (N-methyl/N-ethyl adjacent to an activating group) is 1. The van der Waals surface area contributed by atoms with Crippen molar-refractivity contribution < 1.29 is 13.5 Å². The first-order valence-corrected chi connectivity index (χ1v) is 6.86. The number of hydrogen-bond acceptors (Lipinski definition) is 2. The topological polar surface area (TPSA) is 21.3 Å². The summed E-state index contributed by atoms with van der Waals surface area (Å²) in [5.74, 6) is -0.800. The minimum Gasteiger partial charge on any atom is -0.497 e. The van der Waals surface area contributed by atoms with Crippen LogP contribution in [0.25, 0.3) is 0 Å². The van der Waals surface area contributed by atoms with Crippen LogP contribution in [0.15, 0.2) is 42.5 Å². The molecule has 21 heavy (non-hydrogen) atoms. The molecule has 0 aromatic heterocycles. The summed E-state index contributed by atoms with van der Waals surface area (Å²) in [7, 11) is 3.50. The Morgan fingerprint density at radius 3 is 2.33 bits per heavy atom. The number of halogens is 2. The SMILES string of the molecule is CNC(Cc1cccc(OC)c1)Cc1ccc(F)c(F)c1. The van der Waals surface area contributed by atoms with Gasteiger partial charge in [-0.05, 0) is 55.3 Å². The minimum atomic E-state index is -0.812. The third-order valence-corrected chi connectivity index (χ3v) is 3.49. The Balaban J connectivity index is 2.07. The quantitative estimate of drug-likeness (QED) is 0.881. The maximum atomic E-state index is 13.2. The van der Waals surface area contributed by atoms with Crippen LogP contribution < -0.4 is 10.1 Å². The zero-order valence-corrected chi connectivity index (χ0v) is 12.2. The second kappa shape index (κ2) is 7.18. The van der Waals surface area contributed by atoms with Crippen LogP contribution >= 0.6 is 0 Å². The second-order valence-electron chi connectivity index (χ2n) is 4.99. The maximum absolute atomic E-state index is 13.2. The molecular formula is C17H19F2NO. The van der Waals surface area contributed by atoms with E-state index in [1.54, 1.807) is 13.2 Å². The largest absolute Gasteiger partial charge is 0.497 e. The predicted octanol–water partition coefficient (Wildman–Crippen LogP) is 3.35. The van der Waals surface area contributed by atoms with E-state index in [0.717, 1.165) is 23.3 Å². The predicted molar refractivity (Wildman–Crippen MR) is 79.6 cm³/mol. The van der Waals surface area contributed by atoms with Gasteiger partial charge in [0.05, 0.1) is 7.11 Å². The van der Waals surface area contributed by atoms with Crippen LogP contribution in [-0.4, -0.2) is 20.2 Å². The van der Waals surface area contributed by atoms with Crippen molar-refractivity contribution in [3.8, 4) is 5.75 Å². The summed E-state index contributed by atoms with van der Waals surface area (Å²) in [4.78, 5) is 0. The van der Waals surface area contributed by atoms with Gasteiger partial charge >= 0.3 is 0 Å². The number of nitrogens with one attached hydrogen (secondary N) is 1. The highest BCUT2D eigenvalue weighted by Crippen LogP contribution is 2.16. The number of rotatable bonds is 6. The molecule has 0 spiro atoms. The Bertz CT molecular complexity index is 601. The van der Waals surface area contributed by atoms with Gasteiger partial charge in [0.15, 0.2) is 11.6 Å². The number of methoxy groups -OCH3 is 1. The van der Waals surface area contributed by atoms with Gasteiger partial charge in [-0.25, -0.2) is 8.78 Å². The third-order valence-electron chi connectivity index (χ3n) is 3.49. The molecule has 0 saturated carbocycles. The van der Waals surface area contributed by atoms with E-state index in [4.69, 9.17) is 4.74 Å². The normalized spacial score (nSPS) is 12.2. The number of hydrogen-bond donors (Lipinski definition) is 1. The molecule has 1 N–H and O–H groups in total. The van der Waals surface area contributed by atoms with E-state index in [-0.39, 0.29) is 6.04 Å². The lowest BCUT2D eigenvalue weighted by Crippen LogP contribution is -2.30. The fraction of sp³-hybridized carbons (Fsp3) is 0.294. The summed E-state index contributed by atoms with van der Waals surface area (Å²) in [5, 5.41) is 3.21. The fourth-order valence-electron chi connectivity index (χ4n) is 2.31. The van der Waals surface area contributed by atoms with E-state index in [9.17, 15) is 8.78 Å². The molecule has 0 saturated heterocycles. The summed E-state index contributed by atoms with van der Waals surface area (Å²) in [6.45, 7) is 0. The molecule has 0 fully saturated rings. The molecule has 112 valence electrons. The molecule has 0 radical (unpaired) electrons. The van der Waals surface area contributed by atoms with E-state index in [0.29, 0.717) is 6.42 Å². The number of ether oxygens (including phenoxy) is 1. The molecule has 0 aliphatic carbocycles. The van der Waals surface area contributed by atoms with Gasteiger partial charge in [-0.1, -0.05) is 18.2 Å². The van der Waals surface area contributed by atoms with Crippen LogP contribution in [0.4, 0.5) is 8.78 Å². The van der Waals surface area contributed by atoms with Crippen molar-refractivity contribution in [2.45, 2.75) is 18.9 Å². The lowest BCUT2D eigenvalue weighted by molar-refractivity contribution is 0.414. The molecule has 0 bridgehead atoms. The average molecular weight is 291 g/mol. The lowest BCUT2D eigenvalue weighted by atomic mass is 9.99.